The molecule has 2 aromatic carbocycles. The molecule has 0 aliphatic carbocycles. The molecule has 5 atom stereocenters. The summed E-state index contributed by atoms with van der Waals surface area (Å²) in [6, 6.07) is 6.32. The number of methoxy groups -OCH3 is 1. The average molecular weight is 448 g/mol. The first-order valence-corrected chi connectivity index (χ1v) is 9.54. The second-order valence-corrected chi connectivity index (χ2v) is 7.33. The lowest BCUT2D eigenvalue weighted by Crippen LogP contribution is -2.58. The molecule has 4 rings (SSSR count). The molecule has 0 saturated carbocycles. The molecule has 1 fully saturated rings. The van der Waals surface area contributed by atoms with Crippen LogP contribution in [-0.2, 0) is 14.2 Å². The SMILES string of the molecule is COc1c(O)cc2c(c1O)[C@@H]1O[C@H](COC(=O)c3ccc(O)cc3)[C@@H](O)[C@H](O)[C@H]1OC2=O. The predicted octanol–water partition coefficient (Wildman–Crippen LogP) is 0.370. The highest BCUT2D eigenvalue weighted by atomic mass is 16.6. The Bertz CT molecular complexity index is 1050. The molecule has 2 heterocycles. The van der Waals surface area contributed by atoms with E-state index in [2.05, 4.69) is 0 Å². The van der Waals surface area contributed by atoms with E-state index in [0.717, 1.165) is 6.07 Å². The van der Waals surface area contributed by atoms with Crippen molar-refractivity contribution >= 4 is 11.9 Å². The fourth-order valence-electron chi connectivity index (χ4n) is 3.78. The summed E-state index contributed by atoms with van der Waals surface area (Å²) in [5.74, 6) is -3.14. The molecule has 11 nitrogen and oxygen atoms in total. The standard InChI is InChI=1S/C21H20O11/c1-29-17-11(23)6-10-13(15(17)25)18-19(32-21(10)28)16(26)14(24)12(31-18)7-30-20(27)8-2-4-9(22)5-3-8/h2-6,12,14,16,18-19,22-26H,7H2,1H3/t12-,14-,16+,18+,19-/m1/s1. The van der Waals surface area contributed by atoms with Gasteiger partial charge in [0.05, 0.1) is 18.2 Å². The van der Waals surface area contributed by atoms with Gasteiger partial charge < -0.3 is 44.5 Å². The van der Waals surface area contributed by atoms with Crippen molar-refractivity contribution < 1.29 is 54.1 Å². The molecule has 11 heteroatoms. The third-order valence-electron chi connectivity index (χ3n) is 5.39. The number of hydrogen-bond acceptors (Lipinski definition) is 11. The molecule has 2 aliphatic rings. The Labute approximate surface area is 181 Å². The zero-order valence-electron chi connectivity index (χ0n) is 16.7. The van der Waals surface area contributed by atoms with Gasteiger partial charge in [0, 0.05) is 5.56 Å². The summed E-state index contributed by atoms with van der Waals surface area (Å²) in [5, 5.41) is 50.8. The Balaban J connectivity index is 1.60. The van der Waals surface area contributed by atoms with Crippen LogP contribution in [0.4, 0.5) is 0 Å². The first-order chi connectivity index (χ1) is 15.2. The molecule has 1 saturated heterocycles. The van der Waals surface area contributed by atoms with Crippen molar-refractivity contribution in [3.8, 4) is 23.0 Å². The van der Waals surface area contributed by atoms with Crippen LogP contribution in [0.5, 0.6) is 23.0 Å². The maximum Gasteiger partial charge on any atom is 0.339 e. The van der Waals surface area contributed by atoms with Crippen molar-refractivity contribution in [3.05, 3.63) is 47.0 Å². The third kappa shape index (κ3) is 3.55. The van der Waals surface area contributed by atoms with Crippen LogP contribution < -0.4 is 4.74 Å². The number of fused-ring (bicyclic) bond motifs is 3. The van der Waals surface area contributed by atoms with Crippen LogP contribution in [0, 0.1) is 0 Å². The minimum atomic E-state index is -1.62. The number of rotatable bonds is 4. The van der Waals surface area contributed by atoms with E-state index in [4.69, 9.17) is 18.9 Å². The minimum absolute atomic E-state index is 0.0338. The van der Waals surface area contributed by atoms with Gasteiger partial charge in [-0.15, -0.1) is 0 Å². The summed E-state index contributed by atoms with van der Waals surface area (Å²) in [7, 11) is 1.20. The fraction of sp³-hybridized carbons (Fsp3) is 0.333. The van der Waals surface area contributed by atoms with Crippen LogP contribution in [-0.4, -0.2) is 75.6 Å². The molecule has 0 aromatic heterocycles. The van der Waals surface area contributed by atoms with Crippen molar-refractivity contribution in [3.63, 3.8) is 0 Å². The van der Waals surface area contributed by atoms with Crippen molar-refractivity contribution in [2.24, 2.45) is 0 Å². The molecule has 0 unspecified atom stereocenters. The zero-order chi connectivity index (χ0) is 23.2. The maximum absolute atomic E-state index is 12.4. The van der Waals surface area contributed by atoms with Gasteiger partial charge >= 0.3 is 11.9 Å². The van der Waals surface area contributed by atoms with Crippen molar-refractivity contribution in [2.75, 3.05) is 13.7 Å². The Kier molecular flexibility index (Phi) is 5.55. The number of carbonyl (C=O) groups excluding carboxylic acids is 2. The summed E-state index contributed by atoms with van der Waals surface area (Å²) in [4.78, 5) is 24.6. The van der Waals surface area contributed by atoms with Gasteiger partial charge in [-0.05, 0) is 30.3 Å². The molecule has 5 N–H and O–H groups in total. The van der Waals surface area contributed by atoms with Gasteiger partial charge in [-0.2, -0.15) is 0 Å². The molecule has 0 bridgehead atoms. The van der Waals surface area contributed by atoms with Crippen LogP contribution in [0.25, 0.3) is 0 Å². The second-order valence-electron chi connectivity index (χ2n) is 7.33. The molecule has 170 valence electrons. The van der Waals surface area contributed by atoms with Crippen LogP contribution in [0.1, 0.15) is 32.4 Å². The van der Waals surface area contributed by atoms with Crippen LogP contribution >= 0.6 is 0 Å². The second kappa shape index (κ2) is 8.19. The summed E-state index contributed by atoms with van der Waals surface area (Å²) in [6.07, 6.45) is -7.06. The van der Waals surface area contributed by atoms with E-state index < -0.39 is 60.6 Å². The Hall–Kier alpha value is -3.54. The van der Waals surface area contributed by atoms with E-state index in [1.54, 1.807) is 0 Å². The molecule has 2 aliphatic heterocycles. The third-order valence-corrected chi connectivity index (χ3v) is 5.39. The quantitative estimate of drug-likeness (QED) is 0.409. The highest BCUT2D eigenvalue weighted by molar-refractivity contribution is 5.95. The van der Waals surface area contributed by atoms with E-state index in [0.29, 0.717) is 0 Å². The van der Waals surface area contributed by atoms with Crippen molar-refractivity contribution in [1.82, 2.24) is 0 Å². The lowest BCUT2D eigenvalue weighted by atomic mass is 9.86. The summed E-state index contributed by atoms with van der Waals surface area (Å²) in [6.45, 7) is -0.472. The number of phenolic OH excluding ortho intramolecular Hbond substituents is 3. The number of hydrogen-bond donors (Lipinski definition) is 5. The Morgan fingerprint density at radius 1 is 1.09 bits per heavy atom. The monoisotopic (exact) mass is 448 g/mol. The predicted molar refractivity (Wildman–Crippen MR) is 104 cm³/mol. The molecule has 0 radical (unpaired) electrons. The average Bonchev–Trinajstić information content (AvgIpc) is 2.76. The zero-order valence-corrected chi connectivity index (χ0v) is 16.7. The lowest BCUT2D eigenvalue weighted by Gasteiger charge is -2.44. The number of ether oxygens (including phenoxy) is 4. The number of aliphatic hydroxyl groups is 2. The van der Waals surface area contributed by atoms with Gasteiger partial charge in [0.25, 0.3) is 0 Å². The summed E-state index contributed by atoms with van der Waals surface area (Å²) >= 11 is 0. The first kappa shape index (κ1) is 21.7. The number of benzene rings is 2. The van der Waals surface area contributed by atoms with Gasteiger partial charge in [-0.1, -0.05) is 0 Å². The van der Waals surface area contributed by atoms with Crippen LogP contribution in [0.15, 0.2) is 30.3 Å². The highest BCUT2D eigenvalue weighted by Crippen LogP contribution is 2.49. The van der Waals surface area contributed by atoms with E-state index >= 15 is 0 Å². The van der Waals surface area contributed by atoms with E-state index in [-0.39, 0.29) is 28.2 Å². The van der Waals surface area contributed by atoms with E-state index in [9.17, 15) is 35.1 Å². The highest BCUT2D eigenvalue weighted by Gasteiger charge is 2.52. The largest absolute Gasteiger partial charge is 0.508 e. The Morgan fingerprint density at radius 2 is 1.78 bits per heavy atom. The van der Waals surface area contributed by atoms with Gasteiger partial charge in [-0.25, -0.2) is 9.59 Å². The van der Waals surface area contributed by atoms with E-state index in [1.165, 1.54) is 31.4 Å². The molecule has 0 amide bonds. The molecular weight excluding hydrogens is 428 g/mol. The molecular formula is C21H20O11. The number of aromatic hydroxyl groups is 3. The Morgan fingerprint density at radius 3 is 2.44 bits per heavy atom. The number of esters is 2. The first-order valence-electron chi connectivity index (χ1n) is 9.54. The van der Waals surface area contributed by atoms with Gasteiger partial charge in [0.15, 0.2) is 17.6 Å². The number of phenols is 3. The lowest BCUT2D eigenvalue weighted by molar-refractivity contribution is -0.235. The summed E-state index contributed by atoms with van der Waals surface area (Å²) < 4.78 is 21.1. The molecule has 2 aromatic rings. The van der Waals surface area contributed by atoms with Crippen molar-refractivity contribution in [2.45, 2.75) is 30.5 Å². The van der Waals surface area contributed by atoms with Crippen LogP contribution in [0.3, 0.4) is 0 Å². The van der Waals surface area contributed by atoms with E-state index in [1.807, 2.05) is 0 Å². The van der Waals surface area contributed by atoms with Gasteiger partial charge in [0.2, 0.25) is 5.75 Å². The summed E-state index contributed by atoms with van der Waals surface area (Å²) in [5.41, 5.74) is -0.159. The fourth-order valence-corrected chi connectivity index (χ4v) is 3.78. The number of aliphatic hydroxyl groups excluding tert-OH is 2. The minimum Gasteiger partial charge on any atom is -0.508 e. The topological polar surface area (TPSA) is 172 Å². The number of carbonyl (C=O) groups is 2. The maximum atomic E-state index is 12.4. The van der Waals surface area contributed by atoms with Crippen molar-refractivity contribution in [1.29, 1.82) is 0 Å². The van der Waals surface area contributed by atoms with Crippen LogP contribution in [0.2, 0.25) is 0 Å². The smallest absolute Gasteiger partial charge is 0.339 e. The normalized spacial score (nSPS) is 26.5. The van der Waals surface area contributed by atoms with Gasteiger partial charge in [-0.3, -0.25) is 0 Å². The molecule has 0 spiro atoms. The van der Waals surface area contributed by atoms with Gasteiger partial charge in [0.1, 0.15) is 36.8 Å². The molecule has 32 heavy (non-hydrogen) atoms.